The summed E-state index contributed by atoms with van der Waals surface area (Å²) in [6.07, 6.45) is 2.10. The van der Waals surface area contributed by atoms with Crippen LogP contribution in [-0.2, 0) is 0 Å². The third-order valence-electron chi connectivity index (χ3n) is 2.05. The molecule has 0 rings (SSSR count). The summed E-state index contributed by atoms with van der Waals surface area (Å²) in [6, 6.07) is 0.445. The number of rotatable bonds is 5. The Balaban J connectivity index is 4.08. The lowest BCUT2D eigenvalue weighted by Crippen LogP contribution is -2.41. The predicted molar refractivity (Wildman–Crippen MR) is 66.9 cm³/mol. The molecule has 2 N–H and O–H groups in total. The SMILES string of the molecule is CSCC(C)N(C)C(N)=NCC(C)C. The highest BCUT2D eigenvalue weighted by atomic mass is 32.2. The van der Waals surface area contributed by atoms with Crippen LogP contribution in [0.5, 0.6) is 0 Å². The van der Waals surface area contributed by atoms with Crippen LogP contribution < -0.4 is 5.73 Å². The standard InChI is InChI=1S/C10H23N3S/c1-8(2)6-12-10(11)13(4)9(3)7-14-5/h8-9H,6-7H2,1-5H3,(H2,11,12). The van der Waals surface area contributed by atoms with Crippen molar-refractivity contribution >= 4 is 17.7 Å². The van der Waals surface area contributed by atoms with Crippen molar-refractivity contribution in [1.29, 1.82) is 0 Å². The van der Waals surface area contributed by atoms with Gasteiger partial charge in [0.05, 0.1) is 0 Å². The van der Waals surface area contributed by atoms with Gasteiger partial charge in [0.15, 0.2) is 5.96 Å². The van der Waals surface area contributed by atoms with E-state index in [-0.39, 0.29) is 0 Å². The summed E-state index contributed by atoms with van der Waals surface area (Å²) in [5, 5.41) is 0. The van der Waals surface area contributed by atoms with Crippen molar-refractivity contribution < 1.29 is 0 Å². The topological polar surface area (TPSA) is 41.6 Å². The first-order chi connectivity index (χ1) is 6.49. The average molecular weight is 217 g/mol. The van der Waals surface area contributed by atoms with E-state index in [2.05, 4.69) is 32.0 Å². The first-order valence-corrected chi connectivity index (χ1v) is 6.40. The lowest BCUT2D eigenvalue weighted by Gasteiger charge is -2.25. The van der Waals surface area contributed by atoms with Gasteiger partial charge in [0.25, 0.3) is 0 Å². The number of nitrogens with two attached hydrogens (primary N) is 1. The van der Waals surface area contributed by atoms with Gasteiger partial charge in [-0.15, -0.1) is 0 Å². The van der Waals surface area contributed by atoms with Crippen molar-refractivity contribution in [2.45, 2.75) is 26.8 Å². The van der Waals surface area contributed by atoms with Crippen LogP contribution in [0.3, 0.4) is 0 Å². The predicted octanol–water partition coefficient (Wildman–Crippen LogP) is 1.64. The van der Waals surface area contributed by atoms with Gasteiger partial charge in [0.2, 0.25) is 0 Å². The molecule has 3 nitrogen and oxygen atoms in total. The average Bonchev–Trinajstić information content (AvgIpc) is 2.13. The number of hydrogen-bond acceptors (Lipinski definition) is 2. The van der Waals surface area contributed by atoms with Crippen molar-refractivity contribution in [2.75, 3.05) is 25.6 Å². The van der Waals surface area contributed by atoms with E-state index >= 15 is 0 Å². The molecule has 0 radical (unpaired) electrons. The van der Waals surface area contributed by atoms with Crippen molar-refractivity contribution in [1.82, 2.24) is 4.90 Å². The van der Waals surface area contributed by atoms with E-state index in [9.17, 15) is 0 Å². The number of aliphatic imine (C=N–C) groups is 1. The van der Waals surface area contributed by atoms with Gasteiger partial charge >= 0.3 is 0 Å². The molecule has 0 heterocycles. The van der Waals surface area contributed by atoms with E-state index in [1.165, 1.54) is 0 Å². The van der Waals surface area contributed by atoms with E-state index in [1.54, 1.807) is 0 Å². The molecule has 0 saturated carbocycles. The zero-order chi connectivity index (χ0) is 11.1. The molecule has 0 bridgehead atoms. The lowest BCUT2D eigenvalue weighted by atomic mass is 10.2. The molecule has 0 saturated heterocycles. The Morgan fingerprint density at radius 1 is 1.43 bits per heavy atom. The van der Waals surface area contributed by atoms with Crippen molar-refractivity contribution in [3.8, 4) is 0 Å². The quantitative estimate of drug-likeness (QED) is 0.562. The molecule has 1 atom stereocenters. The molecule has 14 heavy (non-hydrogen) atoms. The monoisotopic (exact) mass is 217 g/mol. The van der Waals surface area contributed by atoms with Crippen LogP contribution in [0, 0.1) is 5.92 Å². The highest BCUT2D eigenvalue weighted by Gasteiger charge is 2.10. The summed E-state index contributed by atoms with van der Waals surface area (Å²) in [6.45, 7) is 7.25. The molecule has 0 amide bonds. The van der Waals surface area contributed by atoms with Crippen molar-refractivity contribution in [3.63, 3.8) is 0 Å². The van der Waals surface area contributed by atoms with E-state index in [0.29, 0.717) is 17.9 Å². The summed E-state index contributed by atoms with van der Waals surface area (Å²) in [7, 11) is 2.00. The van der Waals surface area contributed by atoms with E-state index in [4.69, 9.17) is 5.73 Å². The Hall–Kier alpha value is -0.380. The zero-order valence-electron chi connectivity index (χ0n) is 9.95. The van der Waals surface area contributed by atoms with Gasteiger partial charge < -0.3 is 10.6 Å². The van der Waals surface area contributed by atoms with Crippen LogP contribution in [0.1, 0.15) is 20.8 Å². The maximum Gasteiger partial charge on any atom is 0.191 e. The van der Waals surface area contributed by atoms with Crippen LogP contribution >= 0.6 is 11.8 Å². The molecular weight excluding hydrogens is 194 g/mol. The second-order valence-corrected chi connectivity index (χ2v) is 4.92. The van der Waals surface area contributed by atoms with E-state index in [1.807, 2.05) is 23.7 Å². The highest BCUT2D eigenvalue weighted by Crippen LogP contribution is 2.03. The minimum atomic E-state index is 0.445. The molecule has 4 heteroatoms. The van der Waals surface area contributed by atoms with Gasteiger partial charge in [-0.1, -0.05) is 13.8 Å². The molecule has 0 aromatic carbocycles. The summed E-state index contributed by atoms with van der Waals surface area (Å²) in [4.78, 5) is 6.38. The Morgan fingerprint density at radius 3 is 2.43 bits per heavy atom. The maximum absolute atomic E-state index is 5.86. The summed E-state index contributed by atoms with van der Waals surface area (Å²) in [5.41, 5.74) is 5.86. The molecule has 0 aliphatic rings. The number of nitrogens with zero attached hydrogens (tertiary/aromatic N) is 2. The van der Waals surface area contributed by atoms with Gasteiger partial charge in [-0.05, 0) is 19.1 Å². The molecule has 0 fully saturated rings. The van der Waals surface area contributed by atoms with E-state index in [0.717, 1.165) is 12.3 Å². The van der Waals surface area contributed by atoms with Crippen molar-refractivity contribution in [3.05, 3.63) is 0 Å². The summed E-state index contributed by atoms with van der Waals surface area (Å²) >= 11 is 1.83. The molecule has 0 aliphatic carbocycles. The third-order valence-corrected chi connectivity index (χ3v) is 2.86. The fraction of sp³-hybridized carbons (Fsp3) is 0.900. The lowest BCUT2D eigenvalue weighted by molar-refractivity contribution is 0.416. The number of guanidine groups is 1. The van der Waals surface area contributed by atoms with Gasteiger partial charge in [-0.25, -0.2) is 0 Å². The zero-order valence-corrected chi connectivity index (χ0v) is 10.8. The Kier molecular flexibility index (Phi) is 6.79. The molecule has 1 unspecified atom stereocenters. The molecule has 0 aromatic rings. The van der Waals surface area contributed by atoms with Crippen LogP contribution in [0.2, 0.25) is 0 Å². The van der Waals surface area contributed by atoms with Gasteiger partial charge in [-0.2, -0.15) is 11.8 Å². The van der Waals surface area contributed by atoms with E-state index < -0.39 is 0 Å². The molecule has 0 spiro atoms. The second kappa shape index (κ2) is 6.98. The molecule has 84 valence electrons. The minimum absolute atomic E-state index is 0.445. The van der Waals surface area contributed by atoms with Gasteiger partial charge in [-0.3, -0.25) is 4.99 Å². The molecular formula is C10H23N3S. The second-order valence-electron chi connectivity index (χ2n) is 4.01. The molecule has 0 aromatic heterocycles. The fourth-order valence-corrected chi connectivity index (χ4v) is 1.67. The van der Waals surface area contributed by atoms with Crippen molar-refractivity contribution in [2.24, 2.45) is 16.6 Å². The van der Waals surface area contributed by atoms with Crippen LogP contribution in [0.4, 0.5) is 0 Å². The third kappa shape index (κ3) is 5.37. The normalized spacial score (nSPS) is 14.6. The fourth-order valence-electron chi connectivity index (χ4n) is 0.966. The first-order valence-electron chi connectivity index (χ1n) is 5.00. The number of hydrogen-bond donors (Lipinski definition) is 1. The summed E-state index contributed by atoms with van der Waals surface area (Å²) < 4.78 is 0. The maximum atomic E-state index is 5.86. The molecule has 0 aliphatic heterocycles. The van der Waals surface area contributed by atoms with Crippen LogP contribution in [0.25, 0.3) is 0 Å². The Bertz CT molecular complexity index is 180. The minimum Gasteiger partial charge on any atom is -0.370 e. The Morgan fingerprint density at radius 2 is 2.00 bits per heavy atom. The number of thioether (sulfide) groups is 1. The summed E-state index contributed by atoms with van der Waals surface area (Å²) in [5.74, 6) is 2.30. The smallest absolute Gasteiger partial charge is 0.191 e. The van der Waals surface area contributed by atoms with Gasteiger partial charge in [0, 0.05) is 25.4 Å². The highest BCUT2D eigenvalue weighted by molar-refractivity contribution is 7.98. The largest absolute Gasteiger partial charge is 0.370 e. The van der Waals surface area contributed by atoms with Gasteiger partial charge in [0.1, 0.15) is 0 Å². The van der Waals surface area contributed by atoms with Crippen LogP contribution in [-0.4, -0.2) is 42.5 Å². The Labute approximate surface area is 92.1 Å². The first kappa shape index (κ1) is 13.6. The van der Waals surface area contributed by atoms with Crippen LogP contribution in [0.15, 0.2) is 4.99 Å².